The van der Waals surface area contributed by atoms with Crippen LogP contribution in [0.2, 0.25) is 0 Å². The van der Waals surface area contributed by atoms with Gasteiger partial charge in [0.15, 0.2) is 0 Å². The zero-order valence-corrected chi connectivity index (χ0v) is 15.1. The van der Waals surface area contributed by atoms with Crippen LogP contribution < -0.4 is 0 Å². The molecule has 0 saturated heterocycles. The van der Waals surface area contributed by atoms with Gasteiger partial charge in [0.25, 0.3) is 5.85 Å². The lowest BCUT2D eigenvalue weighted by molar-refractivity contribution is 0.523. The lowest BCUT2D eigenvalue weighted by Gasteiger charge is -2.29. The second kappa shape index (κ2) is 7.48. The molecule has 1 aliphatic rings. The highest BCUT2D eigenvalue weighted by atomic mass is 35.9. The predicted molar refractivity (Wildman–Crippen MR) is 86.8 cm³/mol. The average Bonchev–Trinajstić information content (AvgIpc) is 2.25. The Morgan fingerprint density at radius 1 is 1.28 bits per heavy atom. The van der Waals surface area contributed by atoms with Crippen molar-refractivity contribution in [1.29, 1.82) is 0 Å². The highest BCUT2D eigenvalue weighted by Gasteiger charge is 2.34. The Kier molecular flexibility index (Phi) is 7.28. The van der Waals surface area contributed by atoms with E-state index in [0.29, 0.717) is 5.25 Å². The SMILES string of the molecule is CC(C)=C(S[C@@H]1CCCC[C@H]1Cl)C(Cl)P(=O)(Cl)Cl. The van der Waals surface area contributed by atoms with Crippen LogP contribution in [0.25, 0.3) is 0 Å². The lowest BCUT2D eigenvalue weighted by Crippen LogP contribution is -2.23. The maximum atomic E-state index is 11.7. The van der Waals surface area contributed by atoms with Gasteiger partial charge < -0.3 is 0 Å². The Labute approximate surface area is 133 Å². The Balaban J connectivity index is 2.82. The van der Waals surface area contributed by atoms with E-state index in [0.717, 1.165) is 23.3 Å². The lowest BCUT2D eigenvalue weighted by atomic mass is 10.00. The molecular weight excluding hydrogens is 353 g/mol. The molecule has 18 heavy (non-hydrogen) atoms. The van der Waals surface area contributed by atoms with E-state index < -0.39 is 11.0 Å². The van der Waals surface area contributed by atoms with Crippen LogP contribution in [0.5, 0.6) is 0 Å². The Morgan fingerprint density at radius 2 is 1.83 bits per heavy atom. The fourth-order valence-corrected chi connectivity index (χ4v) is 6.04. The van der Waals surface area contributed by atoms with Crippen LogP contribution in [0.1, 0.15) is 39.5 Å². The number of hydrogen-bond acceptors (Lipinski definition) is 2. The Morgan fingerprint density at radius 3 is 2.28 bits per heavy atom. The zero-order valence-electron chi connectivity index (χ0n) is 10.3. The van der Waals surface area contributed by atoms with Gasteiger partial charge in [-0.25, -0.2) is 0 Å². The van der Waals surface area contributed by atoms with Crippen LogP contribution >= 0.6 is 63.3 Å². The molecule has 106 valence electrons. The van der Waals surface area contributed by atoms with Gasteiger partial charge in [-0.3, -0.25) is 4.57 Å². The molecule has 1 fully saturated rings. The number of thioether (sulfide) groups is 1. The topological polar surface area (TPSA) is 17.1 Å². The summed E-state index contributed by atoms with van der Waals surface area (Å²) in [6.07, 6.45) is 4.40. The normalized spacial score (nSPS) is 26.8. The first-order valence-electron chi connectivity index (χ1n) is 5.84. The van der Waals surface area contributed by atoms with E-state index in [1.54, 1.807) is 11.8 Å². The molecule has 3 atom stereocenters. The highest BCUT2D eigenvalue weighted by molar-refractivity contribution is 8.11. The molecule has 0 aromatic heterocycles. The molecule has 0 bridgehead atoms. The molecule has 1 rings (SSSR count). The molecule has 1 saturated carbocycles. The van der Waals surface area contributed by atoms with E-state index in [2.05, 4.69) is 0 Å². The summed E-state index contributed by atoms with van der Waals surface area (Å²) in [5, 5.41) is -0.403. The summed E-state index contributed by atoms with van der Waals surface area (Å²) in [7, 11) is 0. The molecule has 7 heteroatoms. The van der Waals surface area contributed by atoms with E-state index in [-0.39, 0.29) is 5.38 Å². The molecule has 0 aromatic rings. The summed E-state index contributed by atoms with van der Waals surface area (Å²) in [6, 6.07) is 0. The highest BCUT2D eigenvalue weighted by Crippen LogP contribution is 2.66. The van der Waals surface area contributed by atoms with Crippen LogP contribution in [-0.2, 0) is 4.57 Å². The van der Waals surface area contributed by atoms with Crippen molar-refractivity contribution in [3.63, 3.8) is 0 Å². The van der Waals surface area contributed by atoms with Crippen LogP contribution in [0, 0.1) is 0 Å². The van der Waals surface area contributed by atoms with Crippen LogP contribution in [0.4, 0.5) is 0 Å². The van der Waals surface area contributed by atoms with Gasteiger partial charge in [0, 0.05) is 15.5 Å². The van der Waals surface area contributed by atoms with Gasteiger partial charge in [-0.05, 0) is 49.2 Å². The second-order valence-electron chi connectivity index (χ2n) is 4.66. The van der Waals surface area contributed by atoms with Crippen molar-refractivity contribution >= 4 is 63.3 Å². The quantitative estimate of drug-likeness (QED) is 0.400. The summed E-state index contributed by atoms with van der Waals surface area (Å²) in [4.78, 5) is 0.808. The molecular formula is C11H17Cl4OPS. The third-order valence-electron chi connectivity index (χ3n) is 2.87. The second-order valence-corrected chi connectivity index (χ2v) is 12.3. The van der Waals surface area contributed by atoms with Gasteiger partial charge >= 0.3 is 0 Å². The third-order valence-corrected chi connectivity index (χ3v) is 9.21. The van der Waals surface area contributed by atoms with Crippen molar-refractivity contribution in [2.75, 3.05) is 0 Å². The summed E-state index contributed by atoms with van der Waals surface area (Å²) in [5.41, 5.74) is 0.996. The largest absolute Gasteiger partial charge is 0.287 e. The average molecular weight is 370 g/mol. The van der Waals surface area contributed by atoms with Crippen molar-refractivity contribution in [3.8, 4) is 0 Å². The Bertz CT molecular complexity index is 364. The zero-order chi connectivity index (χ0) is 13.9. The maximum Gasteiger partial charge on any atom is 0.275 e. The van der Waals surface area contributed by atoms with Crippen molar-refractivity contribution in [2.24, 2.45) is 0 Å². The van der Waals surface area contributed by atoms with Crippen molar-refractivity contribution in [2.45, 2.75) is 55.3 Å². The van der Waals surface area contributed by atoms with E-state index in [1.165, 1.54) is 12.8 Å². The van der Waals surface area contributed by atoms with Crippen LogP contribution in [0.15, 0.2) is 10.5 Å². The molecule has 0 amide bonds. The molecule has 0 radical (unpaired) electrons. The van der Waals surface area contributed by atoms with Gasteiger partial charge in [-0.1, -0.05) is 18.4 Å². The Hall–Kier alpha value is 1.48. The molecule has 0 N–H and O–H groups in total. The molecule has 0 aliphatic heterocycles. The van der Waals surface area contributed by atoms with Crippen molar-refractivity contribution < 1.29 is 4.57 Å². The van der Waals surface area contributed by atoms with Gasteiger partial charge in [0.05, 0.1) is 0 Å². The van der Waals surface area contributed by atoms with E-state index in [9.17, 15) is 4.57 Å². The number of allylic oxidation sites excluding steroid dienone is 2. The fraction of sp³-hybridized carbons (Fsp3) is 0.818. The molecule has 1 nitrogen and oxygen atoms in total. The number of halogens is 4. The smallest absolute Gasteiger partial charge is 0.275 e. The summed E-state index contributed by atoms with van der Waals surface area (Å²) in [6.45, 7) is 3.85. The minimum absolute atomic E-state index is 0.131. The van der Waals surface area contributed by atoms with E-state index >= 15 is 0 Å². The first-order valence-corrected chi connectivity index (χ1v) is 11.2. The minimum Gasteiger partial charge on any atom is -0.287 e. The van der Waals surface area contributed by atoms with Gasteiger partial charge in [0.2, 0.25) is 0 Å². The first-order chi connectivity index (χ1) is 8.23. The van der Waals surface area contributed by atoms with E-state index in [1.807, 2.05) is 13.8 Å². The van der Waals surface area contributed by atoms with Crippen LogP contribution in [-0.4, -0.2) is 15.7 Å². The van der Waals surface area contributed by atoms with Crippen LogP contribution in [0.3, 0.4) is 0 Å². The maximum absolute atomic E-state index is 11.7. The third kappa shape index (κ3) is 5.11. The van der Waals surface area contributed by atoms with Gasteiger partial charge in [0.1, 0.15) is 5.12 Å². The molecule has 0 aromatic carbocycles. The summed E-state index contributed by atoms with van der Waals surface area (Å²) >= 11 is 25.4. The number of alkyl halides is 2. The van der Waals surface area contributed by atoms with Gasteiger partial charge in [-0.15, -0.1) is 35.0 Å². The monoisotopic (exact) mass is 368 g/mol. The number of hydrogen-bond donors (Lipinski definition) is 0. The molecule has 1 aliphatic carbocycles. The molecule has 0 heterocycles. The minimum atomic E-state index is -3.37. The van der Waals surface area contributed by atoms with Crippen molar-refractivity contribution in [3.05, 3.63) is 10.5 Å². The fourth-order valence-electron chi connectivity index (χ4n) is 1.90. The first kappa shape index (κ1) is 17.5. The standard InChI is InChI=1S/C11H17Cl4OPS/c1-7(2)10(11(13)17(14,15)16)18-9-6-4-3-5-8(9)12/h8-9,11H,3-6H2,1-2H3/t8-,9-,11?/m1/s1. The predicted octanol–water partition coefficient (Wildman–Crippen LogP) is 6.80. The number of rotatable bonds is 4. The summed E-state index contributed by atoms with van der Waals surface area (Å²) in [5.74, 6) is -3.37. The van der Waals surface area contributed by atoms with E-state index in [4.69, 9.17) is 45.7 Å². The molecule has 1 unspecified atom stereocenters. The molecule has 0 spiro atoms. The summed E-state index contributed by atoms with van der Waals surface area (Å²) < 4.78 is 11.7. The van der Waals surface area contributed by atoms with Gasteiger partial charge in [-0.2, -0.15) is 0 Å². The van der Waals surface area contributed by atoms with Crippen molar-refractivity contribution in [1.82, 2.24) is 0 Å².